The molecule has 0 radical (unpaired) electrons. The molecule has 0 atom stereocenters. The van der Waals surface area contributed by atoms with Gasteiger partial charge in [-0.15, -0.1) is 0 Å². The van der Waals surface area contributed by atoms with Gasteiger partial charge in [0.05, 0.1) is 0 Å². The summed E-state index contributed by atoms with van der Waals surface area (Å²) >= 11 is 6.28. The van der Waals surface area contributed by atoms with Gasteiger partial charge in [0.15, 0.2) is 5.06 Å². The van der Waals surface area contributed by atoms with Crippen molar-refractivity contribution in [1.82, 2.24) is 0 Å². The summed E-state index contributed by atoms with van der Waals surface area (Å²) in [6, 6.07) is 1.20. The Hall–Kier alpha value is -0.410. The molecule has 2 nitrogen and oxygen atoms in total. The van der Waals surface area contributed by atoms with Gasteiger partial charge in [0, 0.05) is 6.07 Å². The maximum absolute atomic E-state index is 8.66. The molecule has 0 aromatic carbocycles. The van der Waals surface area contributed by atoms with E-state index in [1.807, 2.05) is 0 Å². The predicted octanol–water partition coefficient (Wildman–Crippen LogP) is 1.81. The first-order valence-corrected chi connectivity index (χ1v) is 3.07. The third-order valence-electron chi connectivity index (χ3n) is 0.656. The SMILES string of the molecule is Oc1cc(O)c(Cl)s1. The minimum absolute atomic E-state index is 0.0347. The molecule has 0 aliphatic carbocycles. The van der Waals surface area contributed by atoms with E-state index in [4.69, 9.17) is 21.8 Å². The molecule has 0 aliphatic rings. The molecular formula is C4H3ClO2S. The molecule has 8 heavy (non-hydrogen) atoms. The molecule has 2 N–H and O–H groups in total. The number of halogens is 1. The number of thiophene rings is 1. The molecule has 1 aromatic heterocycles. The Bertz CT molecular complexity index is 176. The topological polar surface area (TPSA) is 40.5 Å². The Morgan fingerprint density at radius 3 is 2.25 bits per heavy atom. The van der Waals surface area contributed by atoms with Crippen molar-refractivity contribution in [2.75, 3.05) is 0 Å². The van der Waals surface area contributed by atoms with Gasteiger partial charge >= 0.3 is 0 Å². The lowest BCUT2D eigenvalue weighted by molar-refractivity contribution is 0.464. The summed E-state index contributed by atoms with van der Waals surface area (Å²) in [5.41, 5.74) is 0. The van der Waals surface area contributed by atoms with E-state index < -0.39 is 0 Å². The fraction of sp³-hybridized carbons (Fsp3) is 0. The van der Waals surface area contributed by atoms with Crippen LogP contribution in [-0.4, -0.2) is 10.2 Å². The molecule has 1 heterocycles. The first-order chi connectivity index (χ1) is 3.70. The third-order valence-corrected chi connectivity index (χ3v) is 1.80. The molecule has 0 saturated carbocycles. The lowest BCUT2D eigenvalue weighted by atomic mass is 10.6. The highest BCUT2D eigenvalue weighted by atomic mass is 35.5. The number of rotatable bonds is 0. The van der Waals surface area contributed by atoms with E-state index in [1.165, 1.54) is 6.07 Å². The van der Waals surface area contributed by atoms with Crippen molar-refractivity contribution in [1.29, 1.82) is 0 Å². The van der Waals surface area contributed by atoms with Crippen LogP contribution in [0, 0.1) is 0 Å². The maximum atomic E-state index is 8.66. The van der Waals surface area contributed by atoms with Crippen LogP contribution in [-0.2, 0) is 0 Å². The highest BCUT2D eigenvalue weighted by molar-refractivity contribution is 7.18. The molecule has 0 aliphatic heterocycles. The second-order valence-electron chi connectivity index (χ2n) is 1.24. The summed E-state index contributed by atoms with van der Waals surface area (Å²) in [6.07, 6.45) is 0. The van der Waals surface area contributed by atoms with E-state index in [0.717, 1.165) is 11.3 Å². The van der Waals surface area contributed by atoms with Gasteiger partial charge in [0.2, 0.25) is 0 Å². The van der Waals surface area contributed by atoms with Gasteiger partial charge in [-0.3, -0.25) is 0 Å². The number of aromatic hydroxyl groups is 2. The lowest BCUT2D eigenvalue weighted by Crippen LogP contribution is -1.47. The van der Waals surface area contributed by atoms with Crippen molar-refractivity contribution >= 4 is 22.9 Å². The second kappa shape index (κ2) is 1.84. The van der Waals surface area contributed by atoms with Gasteiger partial charge in [0.1, 0.15) is 10.1 Å². The largest absolute Gasteiger partial charge is 0.505 e. The molecule has 1 rings (SSSR count). The highest BCUT2D eigenvalue weighted by Gasteiger charge is 2.01. The molecule has 4 heteroatoms. The Morgan fingerprint density at radius 1 is 1.50 bits per heavy atom. The van der Waals surface area contributed by atoms with Crippen LogP contribution in [0.1, 0.15) is 0 Å². The van der Waals surface area contributed by atoms with Crippen LogP contribution in [0.15, 0.2) is 6.07 Å². The summed E-state index contributed by atoms with van der Waals surface area (Å²) < 4.78 is 0.225. The van der Waals surface area contributed by atoms with Gasteiger partial charge in [0.25, 0.3) is 0 Å². The zero-order chi connectivity index (χ0) is 6.15. The van der Waals surface area contributed by atoms with Crippen LogP contribution in [0.3, 0.4) is 0 Å². The summed E-state index contributed by atoms with van der Waals surface area (Å²) in [4.78, 5) is 0. The van der Waals surface area contributed by atoms with E-state index >= 15 is 0 Å². The average molecular weight is 151 g/mol. The van der Waals surface area contributed by atoms with Crippen LogP contribution >= 0.6 is 22.9 Å². The van der Waals surface area contributed by atoms with E-state index in [-0.39, 0.29) is 15.1 Å². The van der Waals surface area contributed by atoms with Crippen LogP contribution in [0.5, 0.6) is 10.8 Å². The molecule has 0 saturated heterocycles. The van der Waals surface area contributed by atoms with E-state index in [0.29, 0.717) is 0 Å². The molecule has 0 unspecified atom stereocenters. The fourth-order valence-electron chi connectivity index (χ4n) is 0.347. The predicted molar refractivity (Wildman–Crippen MR) is 32.7 cm³/mol. The minimum Gasteiger partial charge on any atom is -0.505 e. The minimum atomic E-state index is -0.0610. The van der Waals surface area contributed by atoms with Gasteiger partial charge in [-0.2, -0.15) is 0 Å². The average Bonchev–Trinajstić information content (AvgIpc) is 1.85. The number of hydrogen-bond donors (Lipinski definition) is 2. The van der Waals surface area contributed by atoms with Crippen molar-refractivity contribution < 1.29 is 10.2 Å². The summed E-state index contributed by atoms with van der Waals surface area (Å²) in [5, 5.41) is 17.3. The Morgan fingerprint density at radius 2 is 2.12 bits per heavy atom. The standard InChI is InChI=1S/C4H3ClO2S/c5-4-2(6)1-3(7)8-4/h1,6-7H. The molecule has 1 aromatic rings. The van der Waals surface area contributed by atoms with E-state index in [2.05, 4.69) is 0 Å². The Kier molecular flexibility index (Phi) is 1.31. The molecule has 44 valence electrons. The molecule has 0 amide bonds. The van der Waals surface area contributed by atoms with Gasteiger partial charge in [-0.05, 0) is 0 Å². The molecule has 0 fully saturated rings. The first-order valence-electron chi connectivity index (χ1n) is 1.87. The van der Waals surface area contributed by atoms with Crippen molar-refractivity contribution in [3.63, 3.8) is 0 Å². The Labute approximate surface area is 55.0 Å². The zero-order valence-electron chi connectivity index (χ0n) is 3.76. The normalized spacial score (nSPS) is 9.62. The quantitative estimate of drug-likeness (QED) is 0.592. The number of hydrogen-bond acceptors (Lipinski definition) is 3. The van der Waals surface area contributed by atoms with Crippen LogP contribution in [0.2, 0.25) is 4.34 Å². The molecule has 0 spiro atoms. The lowest BCUT2D eigenvalue weighted by Gasteiger charge is -1.76. The smallest absolute Gasteiger partial charge is 0.176 e. The van der Waals surface area contributed by atoms with E-state index in [9.17, 15) is 0 Å². The van der Waals surface area contributed by atoms with Crippen molar-refractivity contribution in [3.8, 4) is 10.8 Å². The van der Waals surface area contributed by atoms with Crippen molar-refractivity contribution in [2.45, 2.75) is 0 Å². The van der Waals surface area contributed by atoms with Gasteiger partial charge in [-0.25, -0.2) is 0 Å². The summed E-state index contributed by atoms with van der Waals surface area (Å²) in [7, 11) is 0. The Balaban J connectivity index is 3.14. The third kappa shape index (κ3) is 0.877. The highest BCUT2D eigenvalue weighted by Crippen LogP contribution is 2.36. The van der Waals surface area contributed by atoms with Crippen LogP contribution in [0.4, 0.5) is 0 Å². The van der Waals surface area contributed by atoms with E-state index in [1.54, 1.807) is 0 Å². The monoisotopic (exact) mass is 150 g/mol. The van der Waals surface area contributed by atoms with Crippen molar-refractivity contribution in [3.05, 3.63) is 10.4 Å². The summed E-state index contributed by atoms with van der Waals surface area (Å²) in [6.45, 7) is 0. The summed E-state index contributed by atoms with van der Waals surface area (Å²) in [5.74, 6) is -0.0610. The van der Waals surface area contributed by atoms with Crippen LogP contribution in [0.25, 0.3) is 0 Å². The maximum Gasteiger partial charge on any atom is 0.176 e. The van der Waals surface area contributed by atoms with Crippen molar-refractivity contribution in [2.24, 2.45) is 0 Å². The van der Waals surface area contributed by atoms with Crippen LogP contribution < -0.4 is 0 Å². The van der Waals surface area contributed by atoms with Gasteiger partial charge < -0.3 is 10.2 Å². The zero-order valence-corrected chi connectivity index (χ0v) is 5.33. The second-order valence-corrected chi connectivity index (χ2v) is 2.88. The van der Waals surface area contributed by atoms with Gasteiger partial charge in [-0.1, -0.05) is 22.9 Å². The molecule has 0 bridgehead atoms. The first kappa shape index (κ1) is 5.72. The molecular weight excluding hydrogens is 148 g/mol. The fourth-order valence-corrected chi connectivity index (χ4v) is 1.16.